The van der Waals surface area contributed by atoms with Crippen LogP contribution in [-0.4, -0.2) is 29.8 Å². The molecule has 0 spiro atoms. The number of sulfone groups is 1. The van der Waals surface area contributed by atoms with E-state index in [2.05, 4.69) is 4.40 Å². The first kappa shape index (κ1) is 15.0. The molecule has 1 aromatic carbocycles. The third kappa shape index (κ3) is 4.34. The minimum absolute atomic E-state index is 0.261. The average Bonchev–Trinajstić information content (AvgIpc) is 2.24. The van der Waals surface area contributed by atoms with E-state index in [4.69, 9.17) is 0 Å². The molecule has 0 amide bonds. The quantitative estimate of drug-likeness (QED) is 0.798. The fourth-order valence-corrected chi connectivity index (χ4v) is 2.23. The molecule has 0 radical (unpaired) electrons. The standard InChI is InChI=1S/C12H17NO3S2/c1-12(2,3)17(14)13-9-10-5-7-11(8-6-10)18(4,15)16/h5-9H,1-4H3. The zero-order valence-corrected chi connectivity index (χ0v) is 12.5. The molecule has 1 rings (SSSR count). The Bertz CT molecular complexity index is 566. The van der Waals surface area contributed by atoms with Crippen molar-refractivity contribution in [1.82, 2.24) is 0 Å². The van der Waals surface area contributed by atoms with E-state index in [1.807, 2.05) is 20.8 Å². The average molecular weight is 287 g/mol. The van der Waals surface area contributed by atoms with Crippen LogP contribution in [0.2, 0.25) is 0 Å². The Kier molecular flexibility index (Phi) is 4.45. The summed E-state index contributed by atoms with van der Waals surface area (Å²) in [5.74, 6) is 0. The highest BCUT2D eigenvalue weighted by Crippen LogP contribution is 2.13. The van der Waals surface area contributed by atoms with E-state index >= 15 is 0 Å². The van der Waals surface area contributed by atoms with Gasteiger partial charge < -0.3 is 0 Å². The summed E-state index contributed by atoms with van der Waals surface area (Å²) in [5.41, 5.74) is 0.722. The summed E-state index contributed by atoms with van der Waals surface area (Å²) >= 11 is 0. The molecule has 0 saturated carbocycles. The van der Waals surface area contributed by atoms with Crippen LogP contribution in [0.3, 0.4) is 0 Å². The zero-order chi connectivity index (χ0) is 14.0. The Morgan fingerprint density at radius 2 is 1.67 bits per heavy atom. The molecule has 0 aliphatic carbocycles. The second-order valence-electron chi connectivity index (χ2n) is 4.94. The van der Waals surface area contributed by atoms with Gasteiger partial charge in [-0.15, -0.1) is 0 Å². The topological polar surface area (TPSA) is 63.6 Å². The maximum Gasteiger partial charge on any atom is 0.175 e. The van der Waals surface area contributed by atoms with Crippen molar-refractivity contribution < 1.29 is 12.6 Å². The lowest BCUT2D eigenvalue weighted by Gasteiger charge is -2.12. The second-order valence-corrected chi connectivity index (χ2v) is 8.89. The van der Waals surface area contributed by atoms with Crippen molar-refractivity contribution in [1.29, 1.82) is 0 Å². The first-order chi connectivity index (χ1) is 8.10. The molecule has 0 heterocycles. The van der Waals surface area contributed by atoms with Crippen LogP contribution in [0.4, 0.5) is 0 Å². The van der Waals surface area contributed by atoms with Gasteiger partial charge in [-0.3, -0.25) is 0 Å². The molecule has 0 saturated heterocycles. The number of nitrogens with zero attached hydrogens (tertiary/aromatic N) is 1. The van der Waals surface area contributed by atoms with Crippen LogP contribution in [0.25, 0.3) is 0 Å². The van der Waals surface area contributed by atoms with Gasteiger partial charge in [0.15, 0.2) is 9.84 Å². The first-order valence-electron chi connectivity index (χ1n) is 5.37. The Morgan fingerprint density at radius 1 is 1.17 bits per heavy atom. The van der Waals surface area contributed by atoms with Gasteiger partial charge >= 0.3 is 0 Å². The van der Waals surface area contributed by atoms with Gasteiger partial charge in [0.2, 0.25) is 0 Å². The Balaban J connectivity index is 2.89. The minimum Gasteiger partial charge on any atom is -0.234 e. The van der Waals surface area contributed by atoms with E-state index in [9.17, 15) is 12.6 Å². The van der Waals surface area contributed by atoms with Crippen LogP contribution in [0.15, 0.2) is 33.6 Å². The largest absolute Gasteiger partial charge is 0.234 e. The molecule has 18 heavy (non-hydrogen) atoms. The first-order valence-corrected chi connectivity index (χ1v) is 8.37. The lowest BCUT2D eigenvalue weighted by molar-refractivity contribution is 0.602. The summed E-state index contributed by atoms with van der Waals surface area (Å²) in [6.45, 7) is 5.52. The van der Waals surface area contributed by atoms with Gasteiger partial charge in [-0.25, -0.2) is 12.6 Å². The maximum atomic E-state index is 11.7. The Hall–Kier alpha value is -1.01. The van der Waals surface area contributed by atoms with Gasteiger partial charge in [0.25, 0.3) is 0 Å². The molecule has 1 atom stereocenters. The highest BCUT2D eigenvalue weighted by molar-refractivity contribution is 7.90. The highest BCUT2D eigenvalue weighted by Gasteiger charge is 2.18. The number of hydrogen-bond acceptors (Lipinski definition) is 3. The molecule has 0 bridgehead atoms. The van der Waals surface area contributed by atoms with Crippen LogP contribution in [0.5, 0.6) is 0 Å². The normalized spacial score (nSPS) is 14.9. The lowest BCUT2D eigenvalue weighted by Crippen LogP contribution is -2.19. The van der Waals surface area contributed by atoms with Crippen molar-refractivity contribution in [2.24, 2.45) is 4.40 Å². The molecular weight excluding hydrogens is 270 g/mol. The van der Waals surface area contributed by atoms with Crippen molar-refractivity contribution in [2.75, 3.05) is 6.26 Å². The summed E-state index contributed by atoms with van der Waals surface area (Å²) in [5, 5.41) is 0. The highest BCUT2D eigenvalue weighted by atomic mass is 32.2. The van der Waals surface area contributed by atoms with Crippen molar-refractivity contribution in [3.8, 4) is 0 Å². The summed E-state index contributed by atoms with van der Waals surface area (Å²) in [6, 6.07) is 6.30. The van der Waals surface area contributed by atoms with Crippen LogP contribution >= 0.6 is 0 Å². The predicted octanol–water partition coefficient (Wildman–Crippen LogP) is 1.97. The Labute approximate surface area is 111 Å². The molecule has 0 fully saturated rings. The monoisotopic (exact) mass is 287 g/mol. The number of rotatable bonds is 3. The fraction of sp³-hybridized carbons (Fsp3) is 0.417. The van der Waals surface area contributed by atoms with Gasteiger partial charge in [0.1, 0.15) is 11.0 Å². The summed E-state index contributed by atoms with van der Waals surface area (Å²) in [4.78, 5) is 0.261. The molecular formula is C12H17NO3S2. The zero-order valence-electron chi connectivity index (χ0n) is 10.9. The molecule has 100 valence electrons. The summed E-state index contributed by atoms with van der Waals surface area (Å²) in [7, 11) is -4.49. The third-order valence-electron chi connectivity index (χ3n) is 2.13. The van der Waals surface area contributed by atoms with E-state index in [-0.39, 0.29) is 4.90 Å². The van der Waals surface area contributed by atoms with Gasteiger partial charge in [-0.05, 0) is 38.5 Å². The summed E-state index contributed by atoms with van der Waals surface area (Å²) in [6.07, 6.45) is 2.65. The molecule has 6 heteroatoms. The smallest absolute Gasteiger partial charge is 0.175 e. The lowest BCUT2D eigenvalue weighted by atomic mass is 10.2. The van der Waals surface area contributed by atoms with Gasteiger partial charge in [-0.1, -0.05) is 12.1 Å². The molecule has 1 unspecified atom stereocenters. The van der Waals surface area contributed by atoms with Crippen LogP contribution in [0.1, 0.15) is 26.3 Å². The maximum absolute atomic E-state index is 11.7. The van der Waals surface area contributed by atoms with Crippen LogP contribution in [0, 0.1) is 0 Å². The second kappa shape index (κ2) is 5.32. The summed E-state index contributed by atoms with van der Waals surface area (Å²) < 4.78 is 37.8. The fourth-order valence-electron chi connectivity index (χ4n) is 1.07. The van der Waals surface area contributed by atoms with Crippen LogP contribution < -0.4 is 0 Å². The van der Waals surface area contributed by atoms with Gasteiger partial charge in [-0.2, -0.15) is 4.40 Å². The van der Waals surface area contributed by atoms with Gasteiger partial charge in [0.05, 0.1) is 9.64 Å². The molecule has 0 aliphatic rings. The molecule has 0 aliphatic heterocycles. The van der Waals surface area contributed by atoms with Crippen molar-refractivity contribution in [3.63, 3.8) is 0 Å². The van der Waals surface area contributed by atoms with E-state index in [1.165, 1.54) is 18.3 Å². The molecule has 4 nitrogen and oxygen atoms in total. The van der Waals surface area contributed by atoms with Crippen LogP contribution in [-0.2, 0) is 20.8 Å². The molecule has 0 aromatic heterocycles. The molecule has 1 aromatic rings. The van der Waals surface area contributed by atoms with E-state index in [0.29, 0.717) is 0 Å². The van der Waals surface area contributed by atoms with Crippen molar-refractivity contribution in [3.05, 3.63) is 29.8 Å². The SMILES string of the molecule is CC(C)(C)S(=O)N=Cc1ccc(S(C)(=O)=O)cc1. The van der Waals surface area contributed by atoms with E-state index < -0.39 is 25.6 Å². The van der Waals surface area contributed by atoms with Crippen molar-refractivity contribution in [2.45, 2.75) is 30.4 Å². The minimum atomic E-state index is -3.18. The number of hydrogen-bond donors (Lipinski definition) is 0. The number of benzene rings is 1. The molecule has 0 N–H and O–H groups in total. The third-order valence-corrected chi connectivity index (χ3v) is 4.60. The van der Waals surface area contributed by atoms with Gasteiger partial charge in [0, 0.05) is 12.5 Å². The van der Waals surface area contributed by atoms with Crippen molar-refractivity contribution >= 4 is 27.0 Å². The van der Waals surface area contributed by atoms with E-state index in [0.717, 1.165) is 11.8 Å². The van der Waals surface area contributed by atoms with E-state index in [1.54, 1.807) is 12.1 Å². The Morgan fingerprint density at radius 3 is 2.06 bits per heavy atom. The predicted molar refractivity (Wildman–Crippen MR) is 75.0 cm³/mol.